The Morgan fingerprint density at radius 2 is 1.49 bits per heavy atom. The Morgan fingerprint density at radius 3 is 2.16 bits per heavy atom. The number of carbonyl (C=O) groups excluding carboxylic acids is 1. The van der Waals surface area contributed by atoms with Gasteiger partial charge in [-0.25, -0.2) is 4.79 Å². The zero-order chi connectivity index (χ0) is 33.0. The van der Waals surface area contributed by atoms with Crippen LogP contribution in [0.5, 0.6) is 23.0 Å². The van der Waals surface area contributed by atoms with E-state index in [0.29, 0.717) is 5.56 Å². The number of phenols is 4. The molecule has 2 aliphatic heterocycles. The summed E-state index contributed by atoms with van der Waals surface area (Å²) in [4.78, 5) is 12.3. The predicted molar refractivity (Wildman–Crippen MR) is 148 cm³/mol. The van der Waals surface area contributed by atoms with E-state index in [-0.39, 0.29) is 11.3 Å². The number of aliphatic hydroxyl groups is 6. The average molecular weight is 641 g/mol. The third kappa shape index (κ3) is 8.19. The van der Waals surface area contributed by atoms with E-state index >= 15 is 0 Å². The fourth-order valence-corrected chi connectivity index (χ4v) is 4.65. The third-order valence-electron chi connectivity index (χ3n) is 7.35. The molecule has 0 radical (unpaired) electrons. The molecule has 16 heteroatoms. The quantitative estimate of drug-likeness (QED) is 0.0802. The minimum Gasteiger partial charge on any atom is -0.504 e. The standard InChI is InChI=1S/C29H36O16/c1-12-22(36)24(38)26(40)28(43-12)45-27-25(39)23(37)20(11-41-21(35)7-3-13-2-5-15(30)17(32)8-13)44-29(27)42-10-19(34)14-4-6-16(31)18(33)9-14/h2-9,12,19-20,22-34,36-40H,10-11H2,1H3/b7-3+/t12-,19+,20-,22-,23-,24+,25+,26+,27-,28-,29-/m1/s1. The van der Waals surface area contributed by atoms with Crippen molar-refractivity contribution in [2.45, 2.75) is 74.4 Å². The number of aromatic hydroxyl groups is 4. The lowest BCUT2D eigenvalue weighted by Gasteiger charge is -2.45. The van der Waals surface area contributed by atoms with Crippen LogP contribution >= 0.6 is 0 Å². The number of hydrogen-bond acceptors (Lipinski definition) is 16. The molecule has 0 aliphatic carbocycles. The molecule has 11 atom stereocenters. The van der Waals surface area contributed by atoms with Gasteiger partial charge in [-0.05, 0) is 48.4 Å². The van der Waals surface area contributed by atoms with Gasteiger partial charge >= 0.3 is 5.97 Å². The minimum atomic E-state index is -1.83. The van der Waals surface area contributed by atoms with Crippen molar-refractivity contribution in [1.82, 2.24) is 0 Å². The van der Waals surface area contributed by atoms with Gasteiger partial charge in [0.15, 0.2) is 35.6 Å². The third-order valence-corrected chi connectivity index (χ3v) is 7.35. The van der Waals surface area contributed by atoms with E-state index in [4.69, 9.17) is 23.7 Å². The molecule has 2 heterocycles. The van der Waals surface area contributed by atoms with Gasteiger partial charge in [-0.2, -0.15) is 0 Å². The molecule has 248 valence electrons. The topological polar surface area (TPSA) is 266 Å². The summed E-state index contributed by atoms with van der Waals surface area (Å²) in [6, 6.07) is 7.39. The monoisotopic (exact) mass is 640 g/mol. The van der Waals surface area contributed by atoms with Gasteiger partial charge in [0, 0.05) is 6.08 Å². The van der Waals surface area contributed by atoms with Crippen molar-refractivity contribution in [3.63, 3.8) is 0 Å². The molecule has 0 spiro atoms. The summed E-state index contributed by atoms with van der Waals surface area (Å²) in [6.45, 7) is 0.255. The lowest BCUT2D eigenvalue weighted by molar-refractivity contribution is -0.366. The second-order valence-corrected chi connectivity index (χ2v) is 10.6. The summed E-state index contributed by atoms with van der Waals surface area (Å²) in [5.74, 6) is -2.57. The Bertz CT molecular complexity index is 1340. The van der Waals surface area contributed by atoms with Crippen LogP contribution in [0.1, 0.15) is 24.2 Å². The fourth-order valence-electron chi connectivity index (χ4n) is 4.65. The van der Waals surface area contributed by atoms with Crippen molar-refractivity contribution in [3.8, 4) is 23.0 Å². The van der Waals surface area contributed by atoms with Gasteiger partial charge in [0.25, 0.3) is 0 Å². The Hall–Kier alpha value is -3.55. The maximum absolute atomic E-state index is 12.3. The van der Waals surface area contributed by atoms with E-state index < -0.39 is 104 Å². The number of aliphatic hydroxyl groups excluding tert-OH is 6. The molecule has 2 fully saturated rings. The minimum absolute atomic E-state index is 0.135. The number of carbonyl (C=O) groups is 1. The number of phenolic OH excluding ortho intramolecular Hbond substituents is 4. The average Bonchev–Trinajstić information content (AvgIpc) is 3.01. The second kappa shape index (κ2) is 14.7. The highest BCUT2D eigenvalue weighted by molar-refractivity contribution is 5.87. The predicted octanol–water partition coefficient (Wildman–Crippen LogP) is -1.53. The van der Waals surface area contributed by atoms with Gasteiger partial charge in [0.05, 0.1) is 12.7 Å². The van der Waals surface area contributed by atoms with Crippen LogP contribution in [0.2, 0.25) is 0 Å². The summed E-state index contributed by atoms with van der Waals surface area (Å²) in [6.07, 6.45) is -14.9. The van der Waals surface area contributed by atoms with Crippen LogP contribution in [0.15, 0.2) is 42.5 Å². The molecule has 2 aromatic rings. The van der Waals surface area contributed by atoms with Crippen LogP contribution in [0.25, 0.3) is 6.08 Å². The van der Waals surface area contributed by atoms with Crippen molar-refractivity contribution in [2.75, 3.05) is 13.2 Å². The first kappa shape index (κ1) is 34.3. The lowest BCUT2D eigenvalue weighted by Crippen LogP contribution is -2.64. The molecule has 2 aliphatic rings. The van der Waals surface area contributed by atoms with Crippen molar-refractivity contribution in [3.05, 3.63) is 53.6 Å². The first-order chi connectivity index (χ1) is 21.3. The summed E-state index contributed by atoms with van der Waals surface area (Å²) in [7, 11) is 0. The van der Waals surface area contributed by atoms with Gasteiger partial charge in [-0.3, -0.25) is 0 Å². The number of rotatable bonds is 10. The SMILES string of the molecule is C[C@H]1O[C@H](O[C@H]2[C@H](OC[C@H](O)c3ccc(O)c(O)c3)O[C@H](COC(=O)/C=C/c3ccc(O)c(O)c3)[C@@H](O)[C@@H]2O)[C@@H](O)[C@@H](O)[C@@H]1O. The van der Waals surface area contributed by atoms with Crippen LogP contribution in [-0.2, 0) is 28.5 Å². The van der Waals surface area contributed by atoms with Gasteiger partial charge in [0.1, 0.15) is 55.4 Å². The zero-order valence-corrected chi connectivity index (χ0v) is 23.8. The number of ether oxygens (including phenoxy) is 5. The smallest absolute Gasteiger partial charge is 0.330 e. The van der Waals surface area contributed by atoms with Crippen LogP contribution in [0.3, 0.4) is 0 Å². The molecule has 16 nitrogen and oxygen atoms in total. The van der Waals surface area contributed by atoms with Crippen molar-refractivity contribution < 1.29 is 79.5 Å². The van der Waals surface area contributed by atoms with Gasteiger partial charge in [0.2, 0.25) is 0 Å². The maximum atomic E-state index is 12.3. The van der Waals surface area contributed by atoms with Crippen LogP contribution in [0.4, 0.5) is 0 Å². The maximum Gasteiger partial charge on any atom is 0.330 e. The molecule has 0 unspecified atom stereocenters. The summed E-state index contributed by atoms with van der Waals surface area (Å²) >= 11 is 0. The molecule has 0 amide bonds. The first-order valence-corrected chi connectivity index (χ1v) is 13.8. The number of benzene rings is 2. The highest BCUT2D eigenvalue weighted by Gasteiger charge is 2.50. The number of esters is 1. The highest BCUT2D eigenvalue weighted by Crippen LogP contribution is 2.32. The molecule has 45 heavy (non-hydrogen) atoms. The second-order valence-electron chi connectivity index (χ2n) is 10.6. The zero-order valence-electron chi connectivity index (χ0n) is 23.8. The molecule has 0 saturated carbocycles. The Morgan fingerprint density at radius 1 is 0.822 bits per heavy atom. The van der Waals surface area contributed by atoms with E-state index in [0.717, 1.165) is 18.2 Å². The van der Waals surface area contributed by atoms with Crippen LogP contribution in [-0.4, -0.2) is 132 Å². The largest absolute Gasteiger partial charge is 0.504 e. The first-order valence-electron chi connectivity index (χ1n) is 13.8. The molecule has 10 N–H and O–H groups in total. The summed E-state index contributed by atoms with van der Waals surface area (Å²) in [5, 5.41) is 101. The molecule has 2 aromatic carbocycles. The summed E-state index contributed by atoms with van der Waals surface area (Å²) < 4.78 is 27.6. The van der Waals surface area contributed by atoms with Crippen molar-refractivity contribution in [1.29, 1.82) is 0 Å². The van der Waals surface area contributed by atoms with Gasteiger partial charge < -0.3 is 74.7 Å². The van der Waals surface area contributed by atoms with E-state index in [1.165, 1.54) is 37.3 Å². The van der Waals surface area contributed by atoms with Crippen LogP contribution < -0.4 is 0 Å². The molecular formula is C29H36O16. The Balaban J connectivity index is 1.46. The molecule has 4 rings (SSSR count). The van der Waals surface area contributed by atoms with E-state index in [1.807, 2.05) is 0 Å². The highest BCUT2D eigenvalue weighted by atomic mass is 16.8. The van der Waals surface area contributed by atoms with Gasteiger partial charge in [-0.15, -0.1) is 0 Å². The molecule has 2 saturated heterocycles. The summed E-state index contributed by atoms with van der Waals surface area (Å²) in [5.41, 5.74) is 0.495. The van der Waals surface area contributed by atoms with Crippen molar-refractivity contribution >= 4 is 12.0 Å². The Kier molecular flexibility index (Phi) is 11.2. The molecule has 0 aromatic heterocycles. The lowest BCUT2D eigenvalue weighted by atomic mass is 9.97. The Labute approximate surface area is 256 Å². The normalized spacial score (nSPS) is 32.8. The molecular weight excluding hydrogens is 604 g/mol. The van der Waals surface area contributed by atoms with Gasteiger partial charge in [-0.1, -0.05) is 12.1 Å². The van der Waals surface area contributed by atoms with Crippen LogP contribution in [0, 0.1) is 0 Å². The van der Waals surface area contributed by atoms with E-state index in [9.17, 15) is 55.9 Å². The van der Waals surface area contributed by atoms with E-state index in [1.54, 1.807) is 0 Å². The number of hydrogen-bond donors (Lipinski definition) is 10. The fraction of sp³-hybridized carbons (Fsp3) is 0.483. The van der Waals surface area contributed by atoms with Crippen molar-refractivity contribution in [2.24, 2.45) is 0 Å². The van der Waals surface area contributed by atoms with E-state index in [2.05, 4.69) is 0 Å². The molecule has 0 bridgehead atoms.